The second-order valence-corrected chi connectivity index (χ2v) is 12.6. The van der Waals surface area contributed by atoms with Gasteiger partial charge < -0.3 is 29.5 Å². The molecule has 2 aromatic rings. The van der Waals surface area contributed by atoms with Gasteiger partial charge in [-0.15, -0.1) is 0 Å². The fraction of sp³-hybridized carbons (Fsp3) is 0.593. The summed E-state index contributed by atoms with van der Waals surface area (Å²) in [7, 11) is -0.725. The van der Waals surface area contributed by atoms with E-state index in [1.54, 1.807) is 43.0 Å². The van der Waals surface area contributed by atoms with Crippen molar-refractivity contribution in [2.45, 2.75) is 69.2 Å². The van der Waals surface area contributed by atoms with Crippen LogP contribution in [0.1, 0.15) is 56.3 Å². The first-order chi connectivity index (χ1) is 19.0. The summed E-state index contributed by atoms with van der Waals surface area (Å²) in [5, 5.41) is 12.8. The quantitative estimate of drug-likeness (QED) is 0.437. The number of ether oxygens (including phenoxy) is 1. The molecule has 0 spiro atoms. The van der Waals surface area contributed by atoms with E-state index in [1.165, 1.54) is 29.6 Å². The first-order valence-electron chi connectivity index (χ1n) is 13.7. The molecule has 2 aliphatic rings. The molecule has 0 unspecified atom stereocenters. The number of nitrogens with zero attached hydrogens (tertiary/aromatic N) is 4. The molecule has 3 atom stereocenters. The average molecular weight is 577 g/mol. The third-order valence-electron chi connectivity index (χ3n) is 7.63. The minimum atomic E-state index is -4.08. The van der Waals surface area contributed by atoms with Crippen LogP contribution in [0.2, 0.25) is 0 Å². The predicted molar refractivity (Wildman–Crippen MR) is 150 cm³/mol. The van der Waals surface area contributed by atoms with Crippen LogP contribution in [0.5, 0.6) is 5.75 Å². The molecule has 1 aromatic heterocycles. The molecule has 3 N–H and O–H groups in total. The van der Waals surface area contributed by atoms with E-state index in [2.05, 4.69) is 15.0 Å². The summed E-state index contributed by atoms with van der Waals surface area (Å²) in [6.07, 6.45) is 7.46. The third kappa shape index (κ3) is 6.69. The number of aliphatic hydroxyl groups is 1. The highest BCUT2D eigenvalue weighted by Crippen LogP contribution is 2.36. The Morgan fingerprint density at radius 2 is 2.00 bits per heavy atom. The molecule has 4 rings (SSSR count). The number of carbonyl (C=O) groups excluding carboxylic acids is 2. The van der Waals surface area contributed by atoms with Crippen LogP contribution in [0.25, 0.3) is 0 Å². The van der Waals surface area contributed by atoms with Crippen molar-refractivity contribution in [1.82, 2.24) is 24.7 Å². The molecule has 1 aliphatic heterocycles. The van der Waals surface area contributed by atoms with Gasteiger partial charge >= 0.3 is 6.03 Å². The number of nitrogens with one attached hydrogen (secondary N) is 2. The molecule has 2 heterocycles. The zero-order chi connectivity index (χ0) is 29.0. The molecule has 1 aromatic carbocycles. The highest BCUT2D eigenvalue weighted by Gasteiger charge is 2.36. The summed E-state index contributed by atoms with van der Waals surface area (Å²) in [6, 6.07) is 4.12. The Bertz CT molecular complexity index is 1310. The summed E-state index contributed by atoms with van der Waals surface area (Å²) < 4.78 is 36.7. The number of hydrogen-bond acceptors (Lipinski definition) is 7. The van der Waals surface area contributed by atoms with Gasteiger partial charge in [0.25, 0.3) is 15.9 Å². The van der Waals surface area contributed by atoms with E-state index < -0.39 is 22.2 Å². The number of carbonyl (C=O) groups is 2. The van der Waals surface area contributed by atoms with E-state index in [0.29, 0.717) is 0 Å². The van der Waals surface area contributed by atoms with Crippen LogP contribution in [-0.2, 0) is 17.1 Å². The lowest BCUT2D eigenvalue weighted by Gasteiger charge is -2.38. The zero-order valence-corrected chi connectivity index (χ0v) is 24.4. The van der Waals surface area contributed by atoms with Crippen molar-refractivity contribution >= 4 is 27.6 Å². The lowest BCUT2D eigenvalue weighted by atomic mass is 9.96. The van der Waals surface area contributed by atoms with Crippen LogP contribution in [0.3, 0.4) is 0 Å². The van der Waals surface area contributed by atoms with Crippen molar-refractivity contribution < 1.29 is 27.9 Å². The maximum Gasteiger partial charge on any atom is 0.317 e. The number of hydrogen-bond donors (Lipinski definition) is 3. The highest BCUT2D eigenvalue weighted by molar-refractivity contribution is 7.92. The molecule has 13 heteroatoms. The summed E-state index contributed by atoms with van der Waals surface area (Å²) >= 11 is 0. The number of rotatable bonds is 8. The van der Waals surface area contributed by atoms with E-state index in [4.69, 9.17) is 4.74 Å². The monoisotopic (exact) mass is 576 g/mol. The molecule has 40 heavy (non-hydrogen) atoms. The highest BCUT2D eigenvalue weighted by atomic mass is 32.2. The van der Waals surface area contributed by atoms with Crippen LogP contribution in [0.15, 0.2) is 35.7 Å². The number of anilines is 1. The van der Waals surface area contributed by atoms with E-state index in [-0.39, 0.29) is 65.6 Å². The Kier molecular flexibility index (Phi) is 9.24. The van der Waals surface area contributed by atoms with Gasteiger partial charge in [-0.2, -0.15) is 8.42 Å². The number of benzene rings is 1. The first-order valence-corrected chi connectivity index (χ1v) is 15.2. The Hall–Kier alpha value is -3.32. The van der Waals surface area contributed by atoms with Crippen molar-refractivity contribution in [3.63, 3.8) is 0 Å². The number of aromatic nitrogens is 2. The number of para-hydroxylation sites is 1. The molecule has 220 valence electrons. The topological polar surface area (TPSA) is 146 Å². The van der Waals surface area contributed by atoms with E-state index in [0.717, 1.165) is 25.7 Å². The normalized spacial score (nSPS) is 21.0. The summed E-state index contributed by atoms with van der Waals surface area (Å²) in [4.78, 5) is 33.8. The summed E-state index contributed by atoms with van der Waals surface area (Å²) in [6.45, 7) is 3.91. The van der Waals surface area contributed by atoms with Crippen molar-refractivity contribution in [2.75, 3.05) is 31.5 Å². The molecular weight excluding hydrogens is 536 g/mol. The third-order valence-corrected chi connectivity index (χ3v) is 8.88. The number of sulfonamides is 1. The van der Waals surface area contributed by atoms with Gasteiger partial charge in [0.05, 0.1) is 36.8 Å². The first kappa shape index (κ1) is 29.7. The van der Waals surface area contributed by atoms with Crippen LogP contribution in [-0.4, -0.2) is 89.7 Å². The smallest absolute Gasteiger partial charge is 0.317 e. The number of imidazole rings is 1. The number of urea groups is 1. The van der Waals surface area contributed by atoms with Gasteiger partial charge in [-0.3, -0.25) is 9.52 Å². The zero-order valence-electron chi connectivity index (χ0n) is 23.5. The molecule has 1 aliphatic carbocycles. The van der Waals surface area contributed by atoms with Gasteiger partial charge in [-0.1, -0.05) is 32.3 Å². The fourth-order valence-corrected chi connectivity index (χ4v) is 6.20. The molecule has 3 amide bonds. The maximum atomic E-state index is 13.7. The standard InChI is InChI=1S/C27H40N6O6S/c1-18-13-33(19(2)16-34)26(35)21-11-8-12-22(30-40(37,38)24-15-31(3)17-28-24)25(21)39-23(18)14-32(4)27(36)29-20-9-6-5-7-10-20/h8,11-12,15,17-20,23,30,34H,5-7,9-10,13-14,16H2,1-4H3,(H,29,36)/t18-,19+,23+/m0/s1. The van der Waals surface area contributed by atoms with Crippen molar-refractivity contribution in [3.8, 4) is 5.75 Å². The largest absolute Gasteiger partial charge is 0.485 e. The number of amides is 3. The fourth-order valence-electron chi connectivity index (χ4n) is 5.15. The minimum Gasteiger partial charge on any atom is -0.485 e. The second kappa shape index (κ2) is 12.5. The van der Waals surface area contributed by atoms with Crippen molar-refractivity contribution in [2.24, 2.45) is 13.0 Å². The van der Waals surface area contributed by atoms with Gasteiger partial charge in [0.2, 0.25) is 0 Å². The van der Waals surface area contributed by atoms with Gasteiger partial charge in [-0.05, 0) is 31.9 Å². The van der Waals surface area contributed by atoms with E-state index in [1.807, 2.05) is 6.92 Å². The Labute approximate surface area is 235 Å². The van der Waals surface area contributed by atoms with Crippen LogP contribution in [0, 0.1) is 5.92 Å². The van der Waals surface area contributed by atoms with Gasteiger partial charge in [0, 0.05) is 38.8 Å². The number of fused-ring (bicyclic) bond motifs is 1. The Morgan fingerprint density at radius 1 is 1.27 bits per heavy atom. The van der Waals surface area contributed by atoms with Crippen LogP contribution < -0.4 is 14.8 Å². The molecule has 0 radical (unpaired) electrons. The average Bonchev–Trinajstić information content (AvgIpc) is 3.38. The van der Waals surface area contributed by atoms with Crippen LogP contribution >= 0.6 is 0 Å². The van der Waals surface area contributed by atoms with Gasteiger partial charge in [-0.25, -0.2) is 9.78 Å². The van der Waals surface area contributed by atoms with Gasteiger partial charge in [0.15, 0.2) is 10.8 Å². The maximum absolute atomic E-state index is 13.7. The molecular formula is C27H40N6O6S. The number of aryl methyl sites for hydroxylation is 1. The number of likely N-dealkylation sites (N-methyl/N-ethyl adjacent to an activating group) is 1. The molecule has 1 fully saturated rings. The van der Waals surface area contributed by atoms with Crippen molar-refractivity contribution in [3.05, 3.63) is 36.3 Å². The second-order valence-electron chi connectivity index (χ2n) is 11.0. The molecule has 12 nitrogen and oxygen atoms in total. The van der Waals surface area contributed by atoms with Gasteiger partial charge in [0.1, 0.15) is 6.10 Å². The Morgan fingerprint density at radius 3 is 2.65 bits per heavy atom. The predicted octanol–water partition coefficient (Wildman–Crippen LogP) is 2.42. The van der Waals surface area contributed by atoms with Crippen LogP contribution in [0.4, 0.5) is 10.5 Å². The summed E-state index contributed by atoms with van der Waals surface area (Å²) in [5.41, 5.74) is 0.245. The van der Waals surface area contributed by atoms with E-state index >= 15 is 0 Å². The van der Waals surface area contributed by atoms with E-state index in [9.17, 15) is 23.1 Å². The Balaban J connectivity index is 1.66. The lowest BCUT2D eigenvalue weighted by molar-refractivity contribution is 0.0368. The minimum absolute atomic E-state index is 0.0692. The lowest BCUT2D eigenvalue weighted by Crippen LogP contribution is -2.52. The molecule has 0 saturated heterocycles. The number of aliphatic hydroxyl groups excluding tert-OH is 1. The SMILES string of the molecule is C[C@H](CO)N1C[C@H](C)[C@@H](CN(C)C(=O)NC2CCCCC2)Oc2c(NS(=O)(=O)c3cn(C)cn3)cccc2C1=O. The molecule has 1 saturated carbocycles. The van der Waals surface area contributed by atoms with Crippen molar-refractivity contribution in [1.29, 1.82) is 0 Å². The molecule has 0 bridgehead atoms. The summed E-state index contributed by atoms with van der Waals surface area (Å²) in [5.74, 6) is -0.569.